The van der Waals surface area contributed by atoms with Crippen molar-refractivity contribution in [2.75, 3.05) is 0 Å². The molecule has 8 nitrogen and oxygen atoms in total. The molecule has 1 aromatic carbocycles. The van der Waals surface area contributed by atoms with Gasteiger partial charge in [-0.3, -0.25) is 14.8 Å². The van der Waals surface area contributed by atoms with Gasteiger partial charge in [0.2, 0.25) is 5.75 Å². The summed E-state index contributed by atoms with van der Waals surface area (Å²) in [7, 11) is 0. The Morgan fingerprint density at radius 3 is 2.69 bits per heavy atom. The molecule has 1 aliphatic heterocycles. The predicted molar refractivity (Wildman–Crippen MR) is 100 cm³/mol. The highest BCUT2D eigenvalue weighted by molar-refractivity contribution is 6.30. The Morgan fingerprint density at radius 1 is 1.34 bits per heavy atom. The standard InChI is InChI=1S/C18H11ClF5N5O3/c19-10-1-8(5-25)2-11(4-10)32-13-14(18(22,23)24)26-7-29(17(13)31)6-9-3-12(15(20)21)27-28-16(9)30/h1-4,7,15-16,28,30H,6H2. The van der Waals surface area contributed by atoms with Crippen molar-refractivity contribution in [2.45, 2.75) is 25.4 Å². The van der Waals surface area contributed by atoms with Gasteiger partial charge in [0, 0.05) is 10.6 Å². The first-order valence-electron chi connectivity index (χ1n) is 8.54. The molecule has 1 aromatic heterocycles. The van der Waals surface area contributed by atoms with E-state index < -0.39 is 48.1 Å². The minimum atomic E-state index is -5.08. The van der Waals surface area contributed by atoms with E-state index in [2.05, 4.69) is 10.1 Å². The Morgan fingerprint density at radius 2 is 2.06 bits per heavy atom. The normalized spacial score (nSPS) is 16.2. The number of hydrogen-bond donors (Lipinski definition) is 2. The van der Waals surface area contributed by atoms with Crippen molar-refractivity contribution >= 4 is 17.3 Å². The van der Waals surface area contributed by atoms with E-state index in [0.717, 1.165) is 18.2 Å². The van der Waals surface area contributed by atoms with E-state index in [0.29, 0.717) is 10.9 Å². The number of aliphatic hydroxyl groups is 1. The Hall–Kier alpha value is -3.50. The van der Waals surface area contributed by atoms with Crippen LogP contribution >= 0.6 is 11.6 Å². The van der Waals surface area contributed by atoms with Crippen molar-refractivity contribution in [1.29, 1.82) is 5.26 Å². The molecule has 0 spiro atoms. The third kappa shape index (κ3) is 5.04. The monoisotopic (exact) mass is 475 g/mol. The van der Waals surface area contributed by atoms with Gasteiger partial charge >= 0.3 is 6.18 Å². The van der Waals surface area contributed by atoms with Crippen LogP contribution in [0.4, 0.5) is 22.0 Å². The average Bonchev–Trinajstić information content (AvgIpc) is 2.70. The van der Waals surface area contributed by atoms with Gasteiger partial charge in [-0.2, -0.15) is 23.5 Å². The van der Waals surface area contributed by atoms with Gasteiger partial charge < -0.3 is 9.84 Å². The number of nitrogens with zero attached hydrogens (tertiary/aromatic N) is 4. The highest BCUT2D eigenvalue weighted by atomic mass is 35.5. The van der Waals surface area contributed by atoms with Gasteiger partial charge in [0.1, 0.15) is 11.5 Å². The van der Waals surface area contributed by atoms with Gasteiger partial charge in [0.25, 0.3) is 12.0 Å². The third-order valence-corrected chi connectivity index (χ3v) is 4.28. The molecule has 2 aromatic rings. The topological polar surface area (TPSA) is 113 Å². The average molecular weight is 476 g/mol. The molecule has 1 unspecified atom stereocenters. The lowest BCUT2D eigenvalue weighted by Crippen LogP contribution is -2.36. The van der Waals surface area contributed by atoms with Crippen molar-refractivity contribution in [3.05, 3.63) is 62.8 Å². The van der Waals surface area contributed by atoms with E-state index in [-0.39, 0.29) is 21.9 Å². The van der Waals surface area contributed by atoms with Gasteiger partial charge in [-0.25, -0.2) is 13.8 Å². The number of aliphatic hydroxyl groups excluding tert-OH is 1. The smallest absolute Gasteiger partial charge is 0.437 e. The fourth-order valence-corrected chi connectivity index (χ4v) is 2.87. The van der Waals surface area contributed by atoms with Gasteiger partial charge in [-0.05, 0) is 24.3 Å². The van der Waals surface area contributed by atoms with Crippen molar-refractivity contribution in [3.8, 4) is 17.6 Å². The minimum Gasteiger partial charge on any atom is -0.449 e. The molecule has 14 heteroatoms. The number of benzene rings is 1. The van der Waals surface area contributed by atoms with Gasteiger partial charge in [-0.1, -0.05) is 11.6 Å². The lowest BCUT2D eigenvalue weighted by Gasteiger charge is -2.21. The zero-order valence-corrected chi connectivity index (χ0v) is 16.3. The Balaban J connectivity index is 2.06. The van der Waals surface area contributed by atoms with Crippen LogP contribution in [0, 0.1) is 11.3 Å². The van der Waals surface area contributed by atoms with Crippen LogP contribution in [0.5, 0.6) is 11.5 Å². The van der Waals surface area contributed by atoms with Crippen LogP contribution in [0.3, 0.4) is 0 Å². The molecule has 1 aliphatic rings. The van der Waals surface area contributed by atoms with Crippen LogP contribution in [0.15, 0.2) is 46.1 Å². The van der Waals surface area contributed by atoms with Crippen LogP contribution < -0.4 is 15.7 Å². The maximum absolute atomic E-state index is 13.4. The lowest BCUT2D eigenvalue weighted by molar-refractivity contribution is -0.142. The molecular weight excluding hydrogens is 465 g/mol. The lowest BCUT2D eigenvalue weighted by atomic mass is 10.1. The second kappa shape index (κ2) is 8.93. The SMILES string of the molecule is N#Cc1cc(Cl)cc(Oc2c(C(F)(F)F)ncn(CC3=CC(C(F)F)=NNC3O)c2=O)c1. The highest BCUT2D eigenvalue weighted by Crippen LogP contribution is 2.35. The number of nitrogens with one attached hydrogen (secondary N) is 1. The molecule has 3 rings (SSSR count). The number of alkyl halides is 5. The fourth-order valence-electron chi connectivity index (χ4n) is 2.64. The number of hydrogen-bond acceptors (Lipinski definition) is 7. The van der Waals surface area contributed by atoms with E-state index in [1.165, 1.54) is 6.07 Å². The minimum absolute atomic E-state index is 0.0304. The summed E-state index contributed by atoms with van der Waals surface area (Å²) in [5.74, 6) is -1.56. The molecular formula is C18H11ClF5N5O3. The third-order valence-electron chi connectivity index (χ3n) is 4.06. The summed E-state index contributed by atoms with van der Waals surface area (Å²) >= 11 is 5.81. The number of rotatable bonds is 5. The number of nitriles is 1. The maximum Gasteiger partial charge on any atom is 0.437 e. The second-order valence-electron chi connectivity index (χ2n) is 6.33. The summed E-state index contributed by atoms with van der Waals surface area (Å²) in [6.45, 7) is -0.598. The van der Waals surface area contributed by atoms with Crippen molar-refractivity contribution in [2.24, 2.45) is 5.10 Å². The van der Waals surface area contributed by atoms with Crippen LogP contribution in [-0.4, -0.2) is 33.0 Å². The number of aromatic nitrogens is 2. The molecule has 32 heavy (non-hydrogen) atoms. The molecule has 0 fully saturated rings. The summed E-state index contributed by atoms with van der Waals surface area (Å²) in [6.07, 6.45) is -8.29. The Kier molecular flexibility index (Phi) is 6.47. The van der Waals surface area contributed by atoms with Crippen LogP contribution in [0.1, 0.15) is 11.3 Å². The molecule has 0 radical (unpaired) electrons. The second-order valence-corrected chi connectivity index (χ2v) is 6.77. The molecule has 0 aliphatic carbocycles. The van der Waals surface area contributed by atoms with E-state index in [4.69, 9.17) is 21.6 Å². The van der Waals surface area contributed by atoms with Crippen LogP contribution in [0.25, 0.3) is 0 Å². The van der Waals surface area contributed by atoms with Crippen molar-refractivity contribution in [1.82, 2.24) is 15.0 Å². The van der Waals surface area contributed by atoms with Gasteiger partial charge in [-0.15, -0.1) is 0 Å². The zero-order chi connectivity index (χ0) is 23.6. The summed E-state index contributed by atoms with van der Waals surface area (Å²) in [5.41, 5.74) is -1.91. The molecule has 2 heterocycles. The molecule has 0 amide bonds. The predicted octanol–water partition coefficient (Wildman–Crippen LogP) is 3.05. The highest BCUT2D eigenvalue weighted by Gasteiger charge is 2.39. The Bertz CT molecular complexity index is 1200. The van der Waals surface area contributed by atoms with Crippen LogP contribution in [-0.2, 0) is 12.7 Å². The van der Waals surface area contributed by atoms with Gasteiger partial charge in [0.15, 0.2) is 11.9 Å². The van der Waals surface area contributed by atoms with E-state index in [9.17, 15) is 31.9 Å². The van der Waals surface area contributed by atoms with E-state index in [1.807, 2.05) is 5.43 Å². The van der Waals surface area contributed by atoms with Gasteiger partial charge in [0.05, 0.1) is 24.5 Å². The molecule has 1 atom stereocenters. The quantitative estimate of drug-likeness (QED) is 0.643. The zero-order valence-electron chi connectivity index (χ0n) is 15.6. The molecule has 0 saturated heterocycles. The Labute approximate surface area is 180 Å². The molecule has 168 valence electrons. The first-order chi connectivity index (χ1) is 15.0. The van der Waals surface area contributed by atoms with Crippen molar-refractivity contribution < 1.29 is 31.8 Å². The first-order valence-corrected chi connectivity index (χ1v) is 8.92. The molecule has 0 bridgehead atoms. The van der Waals surface area contributed by atoms with E-state index in [1.54, 1.807) is 6.07 Å². The number of allylic oxidation sites excluding steroid dienone is 1. The van der Waals surface area contributed by atoms with E-state index >= 15 is 0 Å². The number of hydrazone groups is 1. The number of ether oxygens (including phenoxy) is 1. The first kappa shape index (κ1) is 23.2. The summed E-state index contributed by atoms with van der Waals surface area (Å²) in [6, 6.07) is 5.11. The molecule has 0 saturated carbocycles. The van der Waals surface area contributed by atoms with Crippen LogP contribution in [0.2, 0.25) is 5.02 Å². The van der Waals surface area contributed by atoms with Crippen molar-refractivity contribution in [3.63, 3.8) is 0 Å². The summed E-state index contributed by atoms with van der Waals surface area (Å²) in [4.78, 5) is 16.0. The summed E-state index contributed by atoms with van der Waals surface area (Å²) < 4.78 is 71.7. The molecule has 2 N–H and O–H groups in total. The fraction of sp³-hybridized carbons (Fsp3) is 0.222. The summed E-state index contributed by atoms with van der Waals surface area (Å²) in [5, 5.41) is 22.1. The number of halogens is 6. The maximum atomic E-state index is 13.4. The largest absolute Gasteiger partial charge is 0.449 e.